The first kappa shape index (κ1) is 14.3. The summed E-state index contributed by atoms with van der Waals surface area (Å²) in [5, 5.41) is 0. The standard InChI is InChI=1S/C16H27N3/c1-3-15(17)16-11-10-14(12-18-16)19(4-2)13-8-6-5-7-9-13/h10-13,15H,3-9,17H2,1-2H3/t15-/m1/s1. The van der Waals surface area contributed by atoms with Gasteiger partial charge in [0.15, 0.2) is 0 Å². The predicted molar refractivity (Wildman–Crippen MR) is 81.3 cm³/mol. The Hall–Kier alpha value is -1.09. The van der Waals surface area contributed by atoms with Gasteiger partial charge in [0.05, 0.1) is 17.6 Å². The van der Waals surface area contributed by atoms with E-state index >= 15 is 0 Å². The van der Waals surface area contributed by atoms with Crippen LogP contribution in [0, 0.1) is 0 Å². The van der Waals surface area contributed by atoms with Crippen molar-refractivity contribution in [2.45, 2.75) is 64.5 Å². The van der Waals surface area contributed by atoms with Crippen molar-refractivity contribution in [3.63, 3.8) is 0 Å². The molecule has 1 heterocycles. The zero-order chi connectivity index (χ0) is 13.7. The molecule has 106 valence electrons. The second kappa shape index (κ2) is 6.90. The van der Waals surface area contributed by atoms with Crippen molar-refractivity contribution in [2.75, 3.05) is 11.4 Å². The van der Waals surface area contributed by atoms with Crippen molar-refractivity contribution >= 4 is 5.69 Å². The monoisotopic (exact) mass is 261 g/mol. The molecule has 19 heavy (non-hydrogen) atoms. The molecule has 3 nitrogen and oxygen atoms in total. The summed E-state index contributed by atoms with van der Waals surface area (Å²) in [4.78, 5) is 7.05. The lowest BCUT2D eigenvalue weighted by molar-refractivity contribution is 0.418. The highest BCUT2D eigenvalue weighted by Gasteiger charge is 2.20. The van der Waals surface area contributed by atoms with Crippen LogP contribution < -0.4 is 10.6 Å². The summed E-state index contributed by atoms with van der Waals surface area (Å²) in [6.45, 7) is 5.40. The number of hydrogen-bond acceptors (Lipinski definition) is 3. The second-order valence-electron chi connectivity index (χ2n) is 5.53. The Kier molecular flexibility index (Phi) is 5.20. The van der Waals surface area contributed by atoms with Gasteiger partial charge in [0.1, 0.15) is 0 Å². The lowest BCUT2D eigenvalue weighted by Crippen LogP contribution is -2.36. The number of anilines is 1. The van der Waals surface area contributed by atoms with Gasteiger partial charge in [-0.25, -0.2) is 0 Å². The highest BCUT2D eigenvalue weighted by atomic mass is 15.2. The van der Waals surface area contributed by atoms with E-state index in [0.717, 1.165) is 18.7 Å². The first-order valence-corrected chi connectivity index (χ1v) is 7.74. The average molecular weight is 261 g/mol. The van der Waals surface area contributed by atoms with Gasteiger partial charge in [0.2, 0.25) is 0 Å². The first-order valence-electron chi connectivity index (χ1n) is 7.74. The summed E-state index contributed by atoms with van der Waals surface area (Å²) in [5.74, 6) is 0. The highest BCUT2D eigenvalue weighted by Crippen LogP contribution is 2.27. The molecule has 0 amide bonds. The van der Waals surface area contributed by atoms with Crippen LogP contribution in [-0.4, -0.2) is 17.6 Å². The molecule has 1 aromatic heterocycles. The van der Waals surface area contributed by atoms with Gasteiger partial charge in [0.25, 0.3) is 0 Å². The maximum absolute atomic E-state index is 6.02. The van der Waals surface area contributed by atoms with Crippen LogP contribution >= 0.6 is 0 Å². The number of nitrogens with zero attached hydrogens (tertiary/aromatic N) is 2. The van der Waals surface area contributed by atoms with Crippen molar-refractivity contribution in [2.24, 2.45) is 5.73 Å². The van der Waals surface area contributed by atoms with E-state index in [-0.39, 0.29) is 6.04 Å². The van der Waals surface area contributed by atoms with E-state index in [9.17, 15) is 0 Å². The van der Waals surface area contributed by atoms with Crippen LogP contribution in [0.25, 0.3) is 0 Å². The Bertz CT molecular complexity index is 368. The van der Waals surface area contributed by atoms with Crippen LogP contribution in [0.3, 0.4) is 0 Å². The molecular formula is C16H27N3. The maximum atomic E-state index is 6.02. The molecule has 1 aliphatic rings. The van der Waals surface area contributed by atoms with Gasteiger partial charge in [-0.3, -0.25) is 4.98 Å². The van der Waals surface area contributed by atoms with Crippen molar-refractivity contribution < 1.29 is 0 Å². The Morgan fingerprint density at radius 1 is 1.26 bits per heavy atom. The lowest BCUT2D eigenvalue weighted by Gasteiger charge is -2.35. The van der Waals surface area contributed by atoms with Crippen molar-refractivity contribution in [1.82, 2.24) is 4.98 Å². The van der Waals surface area contributed by atoms with Crippen LogP contribution in [-0.2, 0) is 0 Å². The first-order chi connectivity index (χ1) is 9.26. The fraction of sp³-hybridized carbons (Fsp3) is 0.688. The van der Waals surface area contributed by atoms with E-state index in [1.54, 1.807) is 0 Å². The molecule has 1 aromatic rings. The Labute approximate surface area is 117 Å². The van der Waals surface area contributed by atoms with E-state index in [1.807, 2.05) is 6.20 Å². The molecule has 0 saturated heterocycles. The molecule has 0 radical (unpaired) electrons. The molecular weight excluding hydrogens is 234 g/mol. The van der Waals surface area contributed by atoms with E-state index in [0.29, 0.717) is 6.04 Å². The van der Waals surface area contributed by atoms with Gasteiger partial charge in [-0.05, 0) is 38.3 Å². The quantitative estimate of drug-likeness (QED) is 0.879. The molecule has 1 atom stereocenters. The van der Waals surface area contributed by atoms with Gasteiger partial charge in [-0.2, -0.15) is 0 Å². The molecule has 1 saturated carbocycles. The van der Waals surface area contributed by atoms with Gasteiger partial charge < -0.3 is 10.6 Å². The zero-order valence-corrected chi connectivity index (χ0v) is 12.3. The van der Waals surface area contributed by atoms with Crippen LogP contribution in [0.4, 0.5) is 5.69 Å². The maximum Gasteiger partial charge on any atom is 0.0572 e. The SMILES string of the molecule is CC[C@@H](N)c1ccc(N(CC)C2CCCCC2)cn1. The molecule has 1 aliphatic carbocycles. The smallest absolute Gasteiger partial charge is 0.0572 e. The van der Waals surface area contributed by atoms with E-state index < -0.39 is 0 Å². The lowest BCUT2D eigenvalue weighted by atomic mass is 9.94. The molecule has 0 aromatic carbocycles. The van der Waals surface area contributed by atoms with Crippen LogP contribution in [0.15, 0.2) is 18.3 Å². The number of aromatic nitrogens is 1. The van der Waals surface area contributed by atoms with E-state index in [1.165, 1.54) is 37.8 Å². The van der Waals surface area contributed by atoms with Gasteiger partial charge in [0, 0.05) is 18.6 Å². The largest absolute Gasteiger partial charge is 0.368 e. The minimum absolute atomic E-state index is 0.0683. The number of hydrogen-bond donors (Lipinski definition) is 1. The molecule has 0 aliphatic heterocycles. The van der Waals surface area contributed by atoms with Crippen molar-refractivity contribution in [3.8, 4) is 0 Å². The second-order valence-corrected chi connectivity index (χ2v) is 5.53. The highest BCUT2D eigenvalue weighted by molar-refractivity contribution is 5.46. The average Bonchev–Trinajstić information content (AvgIpc) is 2.49. The zero-order valence-electron chi connectivity index (χ0n) is 12.3. The number of rotatable bonds is 5. The minimum Gasteiger partial charge on any atom is -0.368 e. The molecule has 1 fully saturated rings. The third-order valence-electron chi connectivity index (χ3n) is 4.28. The van der Waals surface area contributed by atoms with Crippen molar-refractivity contribution in [3.05, 3.63) is 24.0 Å². The third-order valence-corrected chi connectivity index (χ3v) is 4.28. The normalized spacial score (nSPS) is 18.3. The van der Waals surface area contributed by atoms with E-state index in [2.05, 4.69) is 35.9 Å². The third kappa shape index (κ3) is 3.47. The van der Waals surface area contributed by atoms with Crippen LogP contribution in [0.5, 0.6) is 0 Å². The summed E-state index contributed by atoms with van der Waals surface area (Å²) in [5.41, 5.74) is 8.28. The molecule has 2 rings (SSSR count). The van der Waals surface area contributed by atoms with Crippen LogP contribution in [0.2, 0.25) is 0 Å². The molecule has 0 bridgehead atoms. The summed E-state index contributed by atoms with van der Waals surface area (Å²) < 4.78 is 0. The number of pyridine rings is 1. The van der Waals surface area contributed by atoms with Gasteiger partial charge in [-0.1, -0.05) is 26.2 Å². The molecule has 2 N–H and O–H groups in total. The predicted octanol–water partition coefficient (Wildman–Crippen LogP) is 3.65. The fourth-order valence-corrected chi connectivity index (χ4v) is 3.04. The summed E-state index contributed by atoms with van der Waals surface area (Å²) in [6.07, 6.45) is 9.72. The fourth-order valence-electron chi connectivity index (χ4n) is 3.04. The van der Waals surface area contributed by atoms with Crippen molar-refractivity contribution in [1.29, 1.82) is 0 Å². The van der Waals surface area contributed by atoms with Crippen LogP contribution in [0.1, 0.15) is 64.1 Å². The minimum atomic E-state index is 0.0683. The number of nitrogens with two attached hydrogens (primary N) is 1. The molecule has 3 heteroatoms. The Morgan fingerprint density at radius 2 is 2.00 bits per heavy atom. The Morgan fingerprint density at radius 3 is 2.53 bits per heavy atom. The van der Waals surface area contributed by atoms with Gasteiger partial charge in [-0.15, -0.1) is 0 Å². The van der Waals surface area contributed by atoms with E-state index in [4.69, 9.17) is 5.73 Å². The van der Waals surface area contributed by atoms with Gasteiger partial charge >= 0.3 is 0 Å². The summed E-state index contributed by atoms with van der Waals surface area (Å²) >= 11 is 0. The topological polar surface area (TPSA) is 42.1 Å². The Balaban J connectivity index is 2.09. The molecule has 0 unspecified atom stereocenters. The summed E-state index contributed by atoms with van der Waals surface area (Å²) in [7, 11) is 0. The molecule has 0 spiro atoms. The summed E-state index contributed by atoms with van der Waals surface area (Å²) in [6, 6.07) is 5.05.